The molecule has 1 saturated heterocycles. The Kier molecular flexibility index (Phi) is 4.99. The lowest BCUT2D eigenvalue weighted by atomic mass is 9.75. The van der Waals surface area contributed by atoms with E-state index >= 15 is 0 Å². The molecule has 0 spiro atoms. The molecule has 1 aliphatic rings. The van der Waals surface area contributed by atoms with Crippen LogP contribution in [0.1, 0.15) is 40.0 Å². The zero-order valence-corrected chi connectivity index (χ0v) is 12.2. The molecule has 0 aromatic heterocycles. The molecule has 7 heteroatoms. The number of nitrogens with zero attached hydrogens (tertiary/aromatic N) is 1. The number of ketones is 1. The zero-order valence-electron chi connectivity index (χ0n) is 11.4. The highest BCUT2D eigenvalue weighted by atomic mass is 32.1. The number of carbonyl (C=O) groups excluding carboxylic acids is 2. The minimum atomic E-state index is -1.11. The molecule has 1 heterocycles. The molecular formula is C12H19N3O3S. The van der Waals surface area contributed by atoms with E-state index in [-0.39, 0.29) is 29.8 Å². The first kappa shape index (κ1) is 15.6. The van der Waals surface area contributed by atoms with Crippen LogP contribution < -0.4 is 11.2 Å². The number of carbonyl (C=O) groups is 2. The van der Waals surface area contributed by atoms with Gasteiger partial charge >= 0.3 is 5.97 Å². The van der Waals surface area contributed by atoms with Crippen LogP contribution in [0.25, 0.3) is 0 Å². The number of cyclic esters (lactones) is 1. The lowest BCUT2D eigenvalue weighted by molar-refractivity contribution is -0.152. The number of thiocarbonyl (C=S) groups is 1. The molecule has 1 rings (SSSR count). The summed E-state index contributed by atoms with van der Waals surface area (Å²) in [5, 5.41) is 3.99. The first-order valence-electron chi connectivity index (χ1n) is 6.15. The molecule has 0 radical (unpaired) electrons. The van der Waals surface area contributed by atoms with E-state index in [0.717, 1.165) is 0 Å². The van der Waals surface area contributed by atoms with Gasteiger partial charge in [-0.25, -0.2) is 0 Å². The maximum atomic E-state index is 12.1. The van der Waals surface area contributed by atoms with Crippen LogP contribution >= 0.6 is 12.2 Å². The Morgan fingerprint density at radius 1 is 1.68 bits per heavy atom. The third kappa shape index (κ3) is 3.50. The summed E-state index contributed by atoms with van der Waals surface area (Å²) < 4.78 is 5.14. The van der Waals surface area contributed by atoms with Crippen LogP contribution in [0.2, 0.25) is 0 Å². The predicted octanol–water partition coefficient (Wildman–Crippen LogP) is 0.887. The summed E-state index contributed by atoms with van der Waals surface area (Å²) in [5.41, 5.74) is 7.20. The van der Waals surface area contributed by atoms with Gasteiger partial charge in [0.15, 0.2) is 5.11 Å². The number of hydrogen-bond donors (Lipinski definition) is 2. The number of nitrogens with two attached hydrogens (primary N) is 1. The molecule has 0 unspecified atom stereocenters. The van der Waals surface area contributed by atoms with Crippen LogP contribution in [0.15, 0.2) is 5.10 Å². The third-order valence-corrected chi connectivity index (χ3v) is 3.20. The van der Waals surface area contributed by atoms with Crippen molar-refractivity contribution in [1.82, 2.24) is 5.43 Å². The van der Waals surface area contributed by atoms with Crippen molar-refractivity contribution < 1.29 is 14.3 Å². The van der Waals surface area contributed by atoms with E-state index in [2.05, 4.69) is 22.7 Å². The highest BCUT2D eigenvalue weighted by Gasteiger charge is 2.52. The molecule has 2 atom stereocenters. The summed E-state index contributed by atoms with van der Waals surface area (Å²) in [7, 11) is 0. The van der Waals surface area contributed by atoms with Crippen molar-refractivity contribution in [2.45, 2.75) is 46.1 Å². The van der Waals surface area contributed by atoms with Gasteiger partial charge in [-0.15, -0.1) is 0 Å². The van der Waals surface area contributed by atoms with Gasteiger partial charge in [0.2, 0.25) is 0 Å². The van der Waals surface area contributed by atoms with Crippen LogP contribution in [0.3, 0.4) is 0 Å². The SMILES string of the molecule is CCC(=O)[C@@]1(C/C(C)=N\NC(N)=S)C[C@H](C)OC1=O. The molecule has 1 aliphatic heterocycles. The normalized spacial score (nSPS) is 27.0. The third-order valence-electron chi connectivity index (χ3n) is 3.10. The van der Waals surface area contributed by atoms with E-state index in [9.17, 15) is 9.59 Å². The van der Waals surface area contributed by atoms with Gasteiger partial charge in [-0.1, -0.05) is 6.92 Å². The molecular weight excluding hydrogens is 266 g/mol. The van der Waals surface area contributed by atoms with Crippen LogP contribution in [0.5, 0.6) is 0 Å². The van der Waals surface area contributed by atoms with Gasteiger partial charge in [0.05, 0.1) is 0 Å². The maximum Gasteiger partial charge on any atom is 0.320 e. The van der Waals surface area contributed by atoms with Crippen molar-refractivity contribution in [1.29, 1.82) is 0 Å². The van der Waals surface area contributed by atoms with Gasteiger partial charge in [-0.05, 0) is 26.1 Å². The number of esters is 1. The Hall–Kier alpha value is -1.50. The smallest absolute Gasteiger partial charge is 0.320 e. The largest absolute Gasteiger partial charge is 0.462 e. The van der Waals surface area contributed by atoms with Gasteiger partial charge in [0, 0.05) is 25.0 Å². The molecule has 106 valence electrons. The first-order valence-corrected chi connectivity index (χ1v) is 6.55. The van der Waals surface area contributed by atoms with Gasteiger partial charge in [-0.2, -0.15) is 5.10 Å². The van der Waals surface area contributed by atoms with E-state index in [1.807, 2.05) is 0 Å². The standard InChI is InChI=1S/C12H19N3O3S/c1-4-9(16)12(6-8(3)18-10(12)17)5-7(2)14-15-11(13)19/h8H,4-6H2,1-3H3,(H3,13,15,19)/b14-7-/t8-,12+/m0/s1. The second kappa shape index (κ2) is 6.10. The molecule has 1 fully saturated rings. The molecule has 0 aromatic carbocycles. The maximum absolute atomic E-state index is 12.1. The van der Waals surface area contributed by atoms with Crippen LogP contribution in [0, 0.1) is 5.41 Å². The van der Waals surface area contributed by atoms with Crippen LogP contribution in [-0.4, -0.2) is 28.7 Å². The molecule has 0 amide bonds. The fourth-order valence-electron chi connectivity index (χ4n) is 2.35. The molecule has 6 nitrogen and oxygen atoms in total. The molecule has 0 saturated carbocycles. The second-order valence-electron chi connectivity index (χ2n) is 4.78. The van der Waals surface area contributed by atoms with Crippen molar-refractivity contribution >= 4 is 34.8 Å². The van der Waals surface area contributed by atoms with Gasteiger partial charge in [0.25, 0.3) is 0 Å². The average molecular weight is 285 g/mol. The summed E-state index contributed by atoms with van der Waals surface area (Å²) in [5.74, 6) is -0.580. The highest BCUT2D eigenvalue weighted by molar-refractivity contribution is 7.80. The molecule has 3 N–H and O–H groups in total. The van der Waals surface area contributed by atoms with E-state index in [4.69, 9.17) is 10.5 Å². The summed E-state index contributed by atoms with van der Waals surface area (Å²) in [6, 6.07) is 0. The lowest BCUT2D eigenvalue weighted by Crippen LogP contribution is -2.38. The van der Waals surface area contributed by atoms with E-state index < -0.39 is 11.4 Å². The van der Waals surface area contributed by atoms with Gasteiger partial charge < -0.3 is 10.5 Å². The Bertz CT molecular complexity index is 426. The first-order chi connectivity index (χ1) is 8.81. The van der Waals surface area contributed by atoms with E-state index in [1.54, 1.807) is 20.8 Å². The minimum Gasteiger partial charge on any atom is -0.462 e. The number of hydrazone groups is 1. The van der Waals surface area contributed by atoms with Gasteiger partial charge in [-0.3, -0.25) is 15.0 Å². The van der Waals surface area contributed by atoms with Crippen LogP contribution in [0.4, 0.5) is 0 Å². The monoisotopic (exact) mass is 285 g/mol. The Labute approximate surface area is 117 Å². The fraction of sp³-hybridized carbons (Fsp3) is 0.667. The fourth-order valence-corrected chi connectivity index (χ4v) is 2.39. The van der Waals surface area contributed by atoms with Crippen molar-refractivity contribution in [3.63, 3.8) is 0 Å². The Morgan fingerprint density at radius 3 is 2.74 bits per heavy atom. The quantitative estimate of drug-likeness (QED) is 0.256. The van der Waals surface area contributed by atoms with Crippen molar-refractivity contribution in [2.24, 2.45) is 16.3 Å². The highest BCUT2D eigenvalue weighted by Crippen LogP contribution is 2.39. The summed E-state index contributed by atoms with van der Waals surface area (Å²) in [6.07, 6.45) is 0.647. The number of nitrogens with one attached hydrogen (secondary N) is 1. The van der Waals surface area contributed by atoms with Crippen molar-refractivity contribution in [3.8, 4) is 0 Å². The molecule has 0 aromatic rings. The number of rotatable bonds is 5. The predicted molar refractivity (Wildman–Crippen MR) is 75.5 cm³/mol. The zero-order chi connectivity index (χ0) is 14.6. The summed E-state index contributed by atoms with van der Waals surface area (Å²) in [6.45, 7) is 5.23. The Balaban J connectivity index is 2.94. The second-order valence-corrected chi connectivity index (χ2v) is 5.22. The molecule has 0 aliphatic carbocycles. The van der Waals surface area contributed by atoms with Crippen LogP contribution in [-0.2, 0) is 14.3 Å². The molecule has 0 bridgehead atoms. The lowest BCUT2D eigenvalue weighted by Gasteiger charge is -2.22. The topological polar surface area (TPSA) is 93.8 Å². The van der Waals surface area contributed by atoms with Crippen molar-refractivity contribution in [3.05, 3.63) is 0 Å². The number of Topliss-reactive ketones (excluding diaryl/α,β-unsaturated/α-hetero) is 1. The van der Waals surface area contributed by atoms with Crippen molar-refractivity contribution in [2.75, 3.05) is 0 Å². The average Bonchev–Trinajstić information content (AvgIpc) is 2.61. The van der Waals surface area contributed by atoms with E-state index in [1.165, 1.54) is 0 Å². The summed E-state index contributed by atoms with van der Waals surface area (Å²) >= 11 is 4.64. The van der Waals surface area contributed by atoms with Gasteiger partial charge in [0.1, 0.15) is 17.3 Å². The summed E-state index contributed by atoms with van der Waals surface area (Å²) in [4.78, 5) is 24.2. The number of ether oxygens (including phenoxy) is 1. The number of hydrogen-bond acceptors (Lipinski definition) is 5. The Morgan fingerprint density at radius 2 is 2.32 bits per heavy atom. The molecule has 19 heavy (non-hydrogen) atoms. The minimum absolute atomic E-state index is 0.0394. The van der Waals surface area contributed by atoms with E-state index in [0.29, 0.717) is 12.1 Å².